The smallest absolute Gasteiger partial charge is 0.0945 e. The minimum absolute atomic E-state index is 0.889. The highest BCUT2D eigenvalue weighted by Gasteiger charge is 2.21. The van der Waals surface area contributed by atoms with Gasteiger partial charge < -0.3 is 4.57 Å². The number of aliphatic imine (C=N–C) groups is 1. The molecule has 0 spiro atoms. The van der Waals surface area contributed by atoms with Crippen LogP contribution in [0.4, 0.5) is 0 Å². The molecule has 43 heavy (non-hydrogen) atoms. The first-order valence-electron chi connectivity index (χ1n) is 14.5. The number of hydrogen-bond donors (Lipinski definition) is 0. The zero-order chi connectivity index (χ0) is 28.9. The van der Waals surface area contributed by atoms with Crippen molar-refractivity contribution in [1.82, 2.24) is 4.57 Å². The van der Waals surface area contributed by atoms with Gasteiger partial charge >= 0.3 is 0 Å². The Morgan fingerprint density at radius 1 is 0.651 bits per heavy atom. The van der Waals surface area contributed by atoms with E-state index < -0.39 is 0 Å². The fraction of sp³-hybridized carbons (Fsp3) is 0.0250. The molecule has 0 amide bonds. The van der Waals surface area contributed by atoms with Crippen LogP contribution in [-0.2, 0) is 0 Å². The standard InChI is InChI=1S/C40H28N2S/c1-3-34(38(29-16-8-5-9-17-29)41-26(2)27-14-6-4-7-15-27)42-35-20-12-10-18-30(35)32-24-22-28-23-25-33-31-19-11-13-21-36(31)43-40(33)37(28)39(32)42/h3-25H,1H2,2H3/b38-34+,41-26?. The first-order valence-corrected chi connectivity index (χ1v) is 15.3. The number of hydrogen-bond acceptors (Lipinski definition) is 2. The molecule has 0 aliphatic carbocycles. The first kappa shape index (κ1) is 25.5. The highest BCUT2D eigenvalue weighted by molar-refractivity contribution is 7.26. The van der Waals surface area contributed by atoms with Crippen molar-refractivity contribution in [2.24, 2.45) is 4.99 Å². The molecule has 0 aliphatic rings. The molecule has 0 unspecified atom stereocenters. The van der Waals surface area contributed by atoms with Gasteiger partial charge in [-0.15, -0.1) is 11.3 Å². The van der Waals surface area contributed by atoms with Crippen molar-refractivity contribution >= 4 is 81.2 Å². The number of para-hydroxylation sites is 1. The van der Waals surface area contributed by atoms with E-state index in [1.54, 1.807) is 0 Å². The summed E-state index contributed by atoms with van der Waals surface area (Å²) in [6.45, 7) is 6.47. The average molecular weight is 569 g/mol. The molecule has 204 valence electrons. The van der Waals surface area contributed by atoms with Gasteiger partial charge in [-0.1, -0.05) is 128 Å². The molecule has 0 N–H and O–H groups in total. The summed E-state index contributed by atoms with van der Waals surface area (Å²) in [7, 11) is 0. The lowest BCUT2D eigenvalue weighted by atomic mass is 10.0. The average Bonchev–Trinajstić information content (AvgIpc) is 3.61. The minimum Gasteiger partial charge on any atom is -0.306 e. The predicted octanol–water partition coefficient (Wildman–Crippen LogP) is 11.3. The lowest BCUT2D eigenvalue weighted by Crippen LogP contribution is -2.02. The molecule has 8 rings (SSSR count). The molecule has 2 aromatic heterocycles. The van der Waals surface area contributed by atoms with Crippen LogP contribution in [0.5, 0.6) is 0 Å². The summed E-state index contributed by atoms with van der Waals surface area (Å²) in [4.78, 5) is 5.34. The Bertz CT molecular complexity index is 2400. The SMILES string of the molecule is C=C/C(=C(\N=C(C)c1ccccc1)c1ccccc1)n1c2ccccc2c2ccc3ccc4c5ccccc5sc4c3c21. The van der Waals surface area contributed by atoms with Gasteiger partial charge in [0.2, 0.25) is 0 Å². The van der Waals surface area contributed by atoms with Crippen LogP contribution >= 0.6 is 11.3 Å². The van der Waals surface area contributed by atoms with Gasteiger partial charge in [-0.25, -0.2) is 0 Å². The van der Waals surface area contributed by atoms with Crippen LogP contribution in [-0.4, -0.2) is 10.3 Å². The second-order valence-electron chi connectivity index (χ2n) is 10.8. The number of rotatable bonds is 5. The molecule has 8 aromatic rings. The second kappa shape index (κ2) is 10.2. The highest BCUT2D eigenvalue weighted by Crippen LogP contribution is 2.44. The van der Waals surface area contributed by atoms with E-state index in [2.05, 4.69) is 145 Å². The van der Waals surface area contributed by atoms with E-state index in [0.717, 1.165) is 33.7 Å². The fourth-order valence-electron chi connectivity index (χ4n) is 6.36. The van der Waals surface area contributed by atoms with Crippen molar-refractivity contribution in [3.8, 4) is 0 Å². The Kier molecular flexibility index (Phi) is 6.06. The summed E-state index contributed by atoms with van der Waals surface area (Å²) in [6, 6.07) is 47.4. The van der Waals surface area contributed by atoms with E-state index in [-0.39, 0.29) is 0 Å². The quantitative estimate of drug-likeness (QED) is 0.145. The number of benzene rings is 6. The summed E-state index contributed by atoms with van der Waals surface area (Å²) in [5.74, 6) is 0. The molecular weight excluding hydrogens is 541 g/mol. The van der Waals surface area contributed by atoms with Gasteiger partial charge in [0.05, 0.1) is 22.4 Å². The molecule has 6 aromatic carbocycles. The van der Waals surface area contributed by atoms with Crippen molar-refractivity contribution in [2.45, 2.75) is 6.92 Å². The van der Waals surface area contributed by atoms with E-state index in [1.165, 1.54) is 47.2 Å². The molecule has 0 aliphatic heterocycles. The van der Waals surface area contributed by atoms with E-state index in [4.69, 9.17) is 4.99 Å². The summed E-state index contributed by atoms with van der Waals surface area (Å²) >= 11 is 1.87. The van der Waals surface area contributed by atoms with E-state index in [1.807, 2.05) is 23.5 Å². The van der Waals surface area contributed by atoms with Gasteiger partial charge in [0, 0.05) is 47.6 Å². The van der Waals surface area contributed by atoms with E-state index in [0.29, 0.717) is 0 Å². The van der Waals surface area contributed by atoms with Crippen molar-refractivity contribution in [2.75, 3.05) is 0 Å². The predicted molar refractivity (Wildman–Crippen MR) is 188 cm³/mol. The fourth-order valence-corrected chi connectivity index (χ4v) is 7.62. The molecule has 0 fully saturated rings. The lowest BCUT2D eigenvalue weighted by molar-refractivity contribution is 1.24. The van der Waals surface area contributed by atoms with Crippen molar-refractivity contribution in [3.05, 3.63) is 157 Å². The summed E-state index contributed by atoms with van der Waals surface area (Å²) in [6.07, 6.45) is 1.97. The molecule has 2 nitrogen and oxygen atoms in total. The van der Waals surface area contributed by atoms with E-state index in [9.17, 15) is 0 Å². The normalized spacial score (nSPS) is 12.9. The molecular formula is C40H28N2S. The van der Waals surface area contributed by atoms with Crippen LogP contribution < -0.4 is 0 Å². The minimum atomic E-state index is 0.889. The van der Waals surface area contributed by atoms with E-state index >= 15 is 0 Å². The van der Waals surface area contributed by atoms with Crippen LogP contribution in [0.3, 0.4) is 0 Å². The molecule has 0 radical (unpaired) electrons. The van der Waals surface area contributed by atoms with Crippen molar-refractivity contribution in [1.29, 1.82) is 0 Å². The van der Waals surface area contributed by atoms with Crippen molar-refractivity contribution in [3.63, 3.8) is 0 Å². The monoisotopic (exact) mass is 568 g/mol. The third-order valence-electron chi connectivity index (χ3n) is 8.35. The van der Waals surface area contributed by atoms with Gasteiger partial charge in [0.25, 0.3) is 0 Å². The molecule has 0 atom stereocenters. The van der Waals surface area contributed by atoms with Crippen molar-refractivity contribution < 1.29 is 0 Å². The zero-order valence-corrected chi connectivity index (χ0v) is 24.6. The summed E-state index contributed by atoms with van der Waals surface area (Å²) < 4.78 is 5.01. The molecule has 0 saturated heterocycles. The van der Waals surface area contributed by atoms with Crippen LogP contribution in [0.25, 0.3) is 64.1 Å². The molecule has 3 heteroatoms. The van der Waals surface area contributed by atoms with Gasteiger partial charge in [0.15, 0.2) is 0 Å². The van der Waals surface area contributed by atoms with Gasteiger partial charge in [-0.2, -0.15) is 0 Å². The number of fused-ring (bicyclic) bond motifs is 9. The third-order valence-corrected chi connectivity index (χ3v) is 9.56. The maximum atomic E-state index is 5.34. The van der Waals surface area contributed by atoms with Crippen LogP contribution in [0.15, 0.2) is 151 Å². The van der Waals surface area contributed by atoms with Crippen LogP contribution in [0, 0.1) is 0 Å². The number of aromatic nitrogens is 1. The lowest BCUT2D eigenvalue weighted by Gasteiger charge is -2.16. The molecule has 0 saturated carbocycles. The van der Waals surface area contributed by atoms with Gasteiger partial charge in [0.1, 0.15) is 0 Å². The number of thiophene rings is 1. The maximum absolute atomic E-state index is 5.34. The molecule has 2 heterocycles. The Morgan fingerprint density at radius 3 is 2.02 bits per heavy atom. The van der Waals surface area contributed by atoms with Gasteiger partial charge in [-0.3, -0.25) is 4.99 Å². The Morgan fingerprint density at radius 2 is 1.28 bits per heavy atom. The van der Waals surface area contributed by atoms with Crippen LogP contribution in [0.1, 0.15) is 18.1 Å². The topological polar surface area (TPSA) is 17.3 Å². The number of nitrogens with zero attached hydrogens (tertiary/aromatic N) is 2. The summed E-state index contributed by atoms with van der Waals surface area (Å²) in [5, 5.41) is 7.53. The Balaban J connectivity index is 1.57. The molecule has 0 bridgehead atoms. The van der Waals surface area contributed by atoms with Crippen LogP contribution in [0.2, 0.25) is 0 Å². The Hall–Kier alpha value is -5.25. The third kappa shape index (κ3) is 4.04. The number of allylic oxidation sites excluding steroid dienone is 2. The Labute approximate surface area is 254 Å². The summed E-state index contributed by atoms with van der Waals surface area (Å²) in [5.41, 5.74) is 7.27. The maximum Gasteiger partial charge on any atom is 0.0945 e. The largest absolute Gasteiger partial charge is 0.306 e. The zero-order valence-electron chi connectivity index (χ0n) is 23.8. The van der Waals surface area contributed by atoms with Gasteiger partial charge in [-0.05, 0) is 36.1 Å². The highest BCUT2D eigenvalue weighted by atomic mass is 32.1. The first-order chi connectivity index (χ1) is 21.2. The second-order valence-corrected chi connectivity index (χ2v) is 11.9.